The van der Waals surface area contributed by atoms with Crippen LogP contribution >= 0.6 is 34.9 Å². The fourth-order valence-electron chi connectivity index (χ4n) is 3.55. The van der Waals surface area contributed by atoms with E-state index in [1.165, 1.54) is 21.1 Å². The van der Waals surface area contributed by atoms with Crippen LogP contribution in [0, 0.1) is 0 Å². The molecule has 2 aromatic carbocycles. The molecule has 7 heteroatoms. The highest BCUT2D eigenvalue weighted by atomic mass is 32.2. The summed E-state index contributed by atoms with van der Waals surface area (Å²) in [5.74, 6) is 0.793. The van der Waals surface area contributed by atoms with Gasteiger partial charge in [-0.1, -0.05) is 77.3 Å². The predicted molar refractivity (Wildman–Crippen MR) is 132 cm³/mol. The van der Waals surface area contributed by atoms with Gasteiger partial charge < -0.3 is 4.74 Å². The quantitative estimate of drug-likeness (QED) is 0.548. The first-order valence-electron chi connectivity index (χ1n) is 9.84. The number of benzene rings is 2. The largest absolute Gasteiger partial charge is 0.497 e. The first kappa shape index (κ1) is 20.4. The van der Waals surface area contributed by atoms with Crippen LogP contribution in [0.25, 0.3) is 9.93 Å². The Hall–Kier alpha value is -2.48. The summed E-state index contributed by atoms with van der Waals surface area (Å²) >= 11 is 4.85. The first-order chi connectivity index (χ1) is 15.0. The summed E-state index contributed by atoms with van der Waals surface area (Å²) in [4.78, 5) is 21.7. The van der Waals surface area contributed by atoms with Crippen molar-refractivity contribution < 1.29 is 4.74 Å². The lowest BCUT2D eigenvalue weighted by Crippen LogP contribution is -2.36. The van der Waals surface area contributed by atoms with Crippen molar-refractivity contribution in [3.63, 3.8) is 0 Å². The molecule has 0 saturated heterocycles. The highest BCUT2D eigenvalue weighted by Gasteiger charge is 2.25. The number of fused-ring (bicyclic) bond motifs is 1. The van der Waals surface area contributed by atoms with Crippen molar-refractivity contribution in [2.24, 2.45) is 4.99 Å². The van der Waals surface area contributed by atoms with Gasteiger partial charge in [0, 0.05) is 0 Å². The minimum Gasteiger partial charge on any atom is -0.497 e. The van der Waals surface area contributed by atoms with Gasteiger partial charge in [-0.3, -0.25) is 9.36 Å². The Morgan fingerprint density at radius 3 is 2.29 bits per heavy atom. The number of ether oxygens (including phenoxy) is 1. The zero-order chi connectivity index (χ0) is 21.5. The average Bonchev–Trinajstić information content (AvgIpc) is 3.32. The lowest BCUT2D eigenvalue weighted by Gasteiger charge is -2.20. The van der Waals surface area contributed by atoms with Gasteiger partial charge in [0.15, 0.2) is 4.80 Å². The predicted octanol–water partition coefficient (Wildman–Crippen LogP) is 4.98. The average molecular weight is 465 g/mol. The molecule has 0 saturated carbocycles. The number of hydrogen-bond donors (Lipinski definition) is 0. The molecule has 2 aliphatic heterocycles. The van der Waals surface area contributed by atoms with E-state index in [0.29, 0.717) is 0 Å². The lowest BCUT2D eigenvalue weighted by molar-refractivity contribution is 0.414. The number of nitrogens with zero attached hydrogens (tertiary/aromatic N) is 2. The maximum atomic E-state index is 13.6. The Morgan fingerprint density at radius 2 is 1.65 bits per heavy atom. The van der Waals surface area contributed by atoms with Crippen molar-refractivity contribution in [1.82, 2.24) is 4.57 Å². The molecule has 1 atom stereocenters. The number of aromatic nitrogens is 1. The summed E-state index contributed by atoms with van der Waals surface area (Å²) in [5.41, 5.74) is 2.97. The normalized spacial score (nSPS) is 18.0. The molecule has 0 fully saturated rings. The minimum atomic E-state index is -0.224. The molecule has 3 aromatic rings. The SMILES string of the molecule is COc1ccc([C@H]2C=C(c3ccccc3)N=c3sc(=C4SC(C)=C(C)S4)c(=O)n32)cc1. The maximum absolute atomic E-state index is 13.6. The second-order valence-electron chi connectivity index (χ2n) is 7.24. The molecule has 4 nitrogen and oxygen atoms in total. The van der Waals surface area contributed by atoms with Crippen LogP contribution in [0.4, 0.5) is 0 Å². The fraction of sp³-hybridized carbons (Fsp3) is 0.167. The summed E-state index contributed by atoms with van der Waals surface area (Å²) in [5, 5.41) is 0. The van der Waals surface area contributed by atoms with E-state index in [0.717, 1.165) is 36.1 Å². The molecule has 156 valence electrons. The van der Waals surface area contributed by atoms with Crippen LogP contribution in [0.2, 0.25) is 0 Å². The number of rotatable bonds is 3. The van der Waals surface area contributed by atoms with Crippen molar-refractivity contribution >= 4 is 44.8 Å². The van der Waals surface area contributed by atoms with E-state index in [2.05, 4.69) is 32.1 Å². The Bertz CT molecular complexity index is 1380. The van der Waals surface area contributed by atoms with Gasteiger partial charge in [-0.05, 0) is 53.0 Å². The zero-order valence-corrected chi connectivity index (χ0v) is 19.7. The lowest BCUT2D eigenvalue weighted by atomic mass is 10.0. The third-order valence-corrected chi connectivity index (χ3v) is 9.27. The van der Waals surface area contributed by atoms with Crippen molar-refractivity contribution in [3.05, 3.63) is 101 Å². The topological polar surface area (TPSA) is 43.6 Å². The highest BCUT2D eigenvalue weighted by molar-refractivity contribution is 8.35. The van der Waals surface area contributed by atoms with Crippen molar-refractivity contribution in [1.29, 1.82) is 0 Å². The van der Waals surface area contributed by atoms with E-state index >= 15 is 0 Å². The Kier molecular flexibility index (Phi) is 5.42. The van der Waals surface area contributed by atoms with Gasteiger partial charge >= 0.3 is 0 Å². The van der Waals surface area contributed by atoms with Gasteiger partial charge in [0.2, 0.25) is 0 Å². The van der Waals surface area contributed by atoms with Crippen LogP contribution in [-0.4, -0.2) is 11.7 Å². The molecule has 0 radical (unpaired) electrons. The molecule has 31 heavy (non-hydrogen) atoms. The molecule has 1 aromatic heterocycles. The molecule has 0 amide bonds. The molecule has 0 spiro atoms. The second kappa shape index (κ2) is 8.22. The first-order valence-corrected chi connectivity index (χ1v) is 12.3. The van der Waals surface area contributed by atoms with Gasteiger partial charge in [-0.25, -0.2) is 4.99 Å². The molecule has 0 N–H and O–H groups in total. The van der Waals surface area contributed by atoms with E-state index in [9.17, 15) is 4.79 Å². The van der Waals surface area contributed by atoms with Crippen molar-refractivity contribution in [2.45, 2.75) is 19.9 Å². The van der Waals surface area contributed by atoms with E-state index < -0.39 is 0 Å². The van der Waals surface area contributed by atoms with Crippen molar-refractivity contribution in [2.75, 3.05) is 7.11 Å². The van der Waals surface area contributed by atoms with Crippen LogP contribution < -0.4 is 19.6 Å². The van der Waals surface area contributed by atoms with Gasteiger partial charge in [0.1, 0.15) is 10.3 Å². The number of thioether (sulfide) groups is 2. The van der Waals surface area contributed by atoms with Gasteiger partial charge in [0.05, 0.1) is 23.1 Å². The zero-order valence-electron chi connectivity index (χ0n) is 17.3. The summed E-state index contributed by atoms with van der Waals surface area (Å²) < 4.78 is 8.96. The summed E-state index contributed by atoms with van der Waals surface area (Å²) in [6, 6.07) is 17.8. The van der Waals surface area contributed by atoms with Crippen LogP contribution in [0.1, 0.15) is 31.0 Å². The Labute approximate surface area is 192 Å². The molecular weight excluding hydrogens is 444 g/mol. The third-order valence-electron chi connectivity index (χ3n) is 5.32. The molecule has 2 aliphatic rings. The summed E-state index contributed by atoms with van der Waals surface area (Å²) in [6.45, 7) is 4.20. The summed E-state index contributed by atoms with van der Waals surface area (Å²) in [7, 11) is 1.65. The minimum absolute atomic E-state index is 0.0189. The molecular formula is C24H20N2O2S3. The van der Waals surface area contributed by atoms with E-state index in [-0.39, 0.29) is 11.6 Å². The molecule has 0 bridgehead atoms. The van der Waals surface area contributed by atoms with E-state index in [1.54, 1.807) is 30.6 Å². The monoisotopic (exact) mass is 464 g/mol. The number of allylic oxidation sites excluding steroid dienone is 3. The standard InChI is InChI=1S/C24H20N2O2S3/c1-14-15(2)30-23(29-14)21-22(27)26-20(17-9-11-18(28-3)12-10-17)13-19(25-24(26)31-21)16-7-5-4-6-8-16/h4-13,20H,1-3H3/t20-/m1/s1. The van der Waals surface area contributed by atoms with Crippen LogP contribution in [0.15, 0.2) is 80.3 Å². The molecule has 0 unspecified atom stereocenters. The van der Waals surface area contributed by atoms with Gasteiger partial charge in [-0.2, -0.15) is 0 Å². The van der Waals surface area contributed by atoms with E-state index in [4.69, 9.17) is 9.73 Å². The van der Waals surface area contributed by atoms with Crippen molar-refractivity contribution in [3.8, 4) is 5.75 Å². The van der Waals surface area contributed by atoms with Crippen LogP contribution in [0.3, 0.4) is 0 Å². The van der Waals surface area contributed by atoms with Gasteiger partial charge in [-0.15, -0.1) is 0 Å². The molecule has 0 aliphatic carbocycles. The number of methoxy groups -OCH3 is 1. The Morgan fingerprint density at radius 1 is 0.968 bits per heavy atom. The van der Waals surface area contributed by atoms with Crippen LogP contribution in [-0.2, 0) is 0 Å². The second-order valence-corrected chi connectivity index (χ2v) is 10.9. The van der Waals surface area contributed by atoms with Crippen LogP contribution in [0.5, 0.6) is 5.75 Å². The maximum Gasteiger partial charge on any atom is 0.272 e. The van der Waals surface area contributed by atoms with Gasteiger partial charge in [0.25, 0.3) is 5.56 Å². The number of hydrogen-bond acceptors (Lipinski definition) is 6. The molecule has 5 rings (SSSR count). The fourth-order valence-corrected chi connectivity index (χ4v) is 7.31. The van der Waals surface area contributed by atoms with E-state index in [1.807, 2.05) is 47.0 Å². The Balaban J connectivity index is 1.73. The number of thiazole rings is 1. The third kappa shape index (κ3) is 3.71. The smallest absolute Gasteiger partial charge is 0.272 e. The molecule has 3 heterocycles. The summed E-state index contributed by atoms with van der Waals surface area (Å²) in [6.07, 6.45) is 2.08. The highest BCUT2D eigenvalue weighted by Crippen LogP contribution is 2.48.